The molecule has 2 saturated heterocycles. The van der Waals surface area contributed by atoms with E-state index in [0.29, 0.717) is 43.9 Å². The van der Waals surface area contributed by atoms with Crippen molar-refractivity contribution in [2.75, 3.05) is 76.5 Å². The van der Waals surface area contributed by atoms with E-state index in [1.807, 2.05) is 0 Å². The summed E-state index contributed by atoms with van der Waals surface area (Å²) in [6.07, 6.45) is 2.77. The normalized spacial score (nSPS) is 17.4. The zero-order chi connectivity index (χ0) is 26.3. The number of hydrogen-bond donors (Lipinski definition) is 1. The maximum Gasteiger partial charge on any atom is 0.238 e. The molecule has 0 saturated carbocycles. The van der Waals surface area contributed by atoms with Crippen LogP contribution in [0.25, 0.3) is 21.5 Å². The van der Waals surface area contributed by atoms with Gasteiger partial charge in [0.2, 0.25) is 21.9 Å². The monoisotopic (exact) mass is 547 g/mol. The van der Waals surface area contributed by atoms with Crippen LogP contribution in [0.3, 0.4) is 0 Å². The SMILES string of the molecule is COc1ncc(-c2nc(N3CCOCC3)nc3c(CN4CC(N(C)C)C4)c(C)sc23)cc1NS(C)(=O)=O. The van der Waals surface area contributed by atoms with Crippen LogP contribution in [0.15, 0.2) is 12.3 Å². The Hall–Kier alpha value is -2.58. The molecule has 13 heteroatoms. The van der Waals surface area contributed by atoms with Crippen molar-refractivity contribution in [1.82, 2.24) is 24.8 Å². The highest BCUT2D eigenvalue weighted by Crippen LogP contribution is 2.40. The van der Waals surface area contributed by atoms with Gasteiger partial charge in [0.1, 0.15) is 5.69 Å². The van der Waals surface area contributed by atoms with Crippen LogP contribution < -0.4 is 14.4 Å². The fourth-order valence-electron chi connectivity index (χ4n) is 4.65. The lowest BCUT2D eigenvalue weighted by atomic mass is 10.1. The molecule has 5 heterocycles. The van der Waals surface area contributed by atoms with Gasteiger partial charge >= 0.3 is 0 Å². The first-order chi connectivity index (χ1) is 17.6. The van der Waals surface area contributed by atoms with E-state index in [-0.39, 0.29) is 11.6 Å². The number of likely N-dealkylation sites (tertiary alicyclic amines) is 1. The first-order valence-electron chi connectivity index (χ1n) is 12.2. The number of likely N-dealkylation sites (N-methyl/N-ethyl adjacent to an activating group) is 1. The van der Waals surface area contributed by atoms with E-state index in [4.69, 9.17) is 19.4 Å². The Morgan fingerprint density at radius 1 is 1.24 bits per heavy atom. The number of methoxy groups -OCH3 is 1. The van der Waals surface area contributed by atoms with Crippen LogP contribution in [0.5, 0.6) is 5.88 Å². The molecular formula is C24H33N7O4S2. The number of pyridine rings is 1. The van der Waals surface area contributed by atoms with E-state index in [9.17, 15) is 8.42 Å². The third kappa shape index (κ3) is 5.50. The van der Waals surface area contributed by atoms with Crippen molar-refractivity contribution in [3.63, 3.8) is 0 Å². The summed E-state index contributed by atoms with van der Waals surface area (Å²) in [5.74, 6) is 0.845. The van der Waals surface area contributed by atoms with E-state index in [1.54, 1.807) is 23.6 Å². The molecule has 3 aromatic rings. The highest BCUT2D eigenvalue weighted by molar-refractivity contribution is 7.92. The summed E-state index contributed by atoms with van der Waals surface area (Å²) in [5, 5.41) is 0. The van der Waals surface area contributed by atoms with Gasteiger partial charge in [-0.05, 0) is 27.1 Å². The average Bonchev–Trinajstić information content (AvgIpc) is 3.14. The Bertz CT molecular complexity index is 1400. The summed E-state index contributed by atoms with van der Waals surface area (Å²) in [7, 11) is 2.17. The number of aromatic nitrogens is 3. The van der Waals surface area contributed by atoms with Crippen LogP contribution in [-0.2, 0) is 21.3 Å². The minimum Gasteiger partial charge on any atom is -0.480 e. The van der Waals surface area contributed by atoms with Crippen molar-refractivity contribution < 1.29 is 17.9 Å². The largest absolute Gasteiger partial charge is 0.480 e. The number of ether oxygens (including phenoxy) is 2. The number of anilines is 2. The average molecular weight is 548 g/mol. The molecule has 2 aliphatic heterocycles. The topological polar surface area (TPSA) is 113 Å². The summed E-state index contributed by atoms with van der Waals surface area (Å²) in [6.45, 7) is 7.69. The van der Waals surface area contributed by atoms with E-state index in [0.717, 1.165) is 41.8 Å². The van der Waals surface area contributed by atoms with Crippen LogP contribution in [0, 0.1) is 6.92 Å². The number of hydrogen-bond acceptors (Lipinski definition) is 11. The molecule has 37 heavy (non-hydrogen) atoms. The molecule has 0 spiro atoms. The zero-order valence-electron chi connectivity index (χ0n) is 21.8. The first-order valence-corrected chi connectivity index (χ1v) is 14.9. The predicted octanol–water partition coefficient (Wildman–Crippen LogP) is 2.02. The number of rotatable bonds is 8. The van der Waals surface area contributed by atoms with Gasteiger partial charge in [0.15, 0.2) is 0 Å². The van der Waals surface area contributed by atoms with Crippen LogP contribution >= 0.6 is 11.3 Å². The lowest BCUT2D eigenvalue weighted by Gasteiger charge is -2.42. The summed E-state index contributed by atoms with van der Waals surface area (Å²) < 4.78 is 38.3. The molecule has 2 fully saturated rings. The van der Waals surface area contributed by atoms with Crippen LogP contribution in [0.1, 0.15) is 10.4 Å². The summed E-state index contributed by atoms with van der Waals surface area (Å²) >= 11 is 1.67. The molecule has 200 valence electrons. The molecule has 0 unspecified atom stereocenters. The quantitative estimate of drug-likeness (QED) is 0.449. The third-order valence-corrected chi connectivity index (χ3v) is 8.51. The summed E-state index contributed by atoms with van der Waals surface area (Å²) in [5.41, 5.74) is 3.85. The molecule has 0 amide bonds. The fourth-order valence-corrected chi connectivity index (χ4v) is 6.31. The molecule has 0 aliphatic carbocycles. The van der Waals surface area contributed by atoms with Gasteiger partial charge in [0, 0.05) is 61.0 Å². The van der Waals surface area contributed by atoms with Gasteiger partial charge in [-0.1, -0.05) is 0 Å². The minimum atomic E-state index is -3.53. The molecule has 0 aromatic carbocycles. The molecular weight excluding hydrogens is 514 g/mol. The zero-order valence-corrected chi connectivity index (χ0v) is 23.4. The van der Waals surface area contributed by atoms with Gasteiger partial charge in [-0.3, -0.25) is 9.62 Å². The molecule has 0 radical (unpaired) electrons. The van der Waals surface area contributed by atoms with Gasteiger partial charge in [-0.2, -0.15) is 0 Å². The van der Waals surface area contributed by atoms with Gasteiger partial charge < -0.3 is 19.3 Å². The number of thiophene rings is 1. The van der Waals surface area contributed by atoms with Gasteiger partial charge in [-0.25, -0.2) is 23.4 Å². The van der Waals surface area contributed by atoms with Crippen molar-refractivity contribution in [3.05, 3.63) is 22.7 Å². The van der Waals surface area contributed by atoms with E-state index in [1.165, 1.54) is 17.6 Å². The van der Waals surface area contributed by atoms with Crippen molar-refractivity contribution in [2.45, 2.75) is 19.5 Å². The van der Waals surface area contributed by atoms with Gasteiger partial charge in [0.05, 0.1) is 42.5 Å². The van der Waals surface area contributed by atoms with E-state index in [2.05, 4.69) is 45.4 Å². The molecule has 0 bridgehead atoms. The van der Waals surface area contributed by atoms with Crippen molar-refractivity contribution in [1.29, 1.82) is 0 Å². The highest BCUT2D eigenvalue weighted by atomic mass is 32.2. The number of sulfonamides is 1. The third-order valence-electron chi connectivity index (χ3n) is 6.78. The summed E-state index contributed by atoms with van der Waals surface area (Å²) in [6, 6.07) is 2.30. The Kier molecular flexibility index (Phi) is 7.24. The number of fused-ring (bicyclic) bond motifs is 1. The lowest BCUT2D eigenvalue weighted by molar-refractivity contribution is 0.0576. The lowest BCUT2D eigenvalue weighted by Crippen LogP contribution is -2.56. The number of nitrogens with one attached hydrogen (secondary N) is 1. The maximum absolute atomic E-state index is 12.0. The smallest absolute Gasteiger partial charge is 0.238 e. The fraction of sp³-hybridized carbons (Fsp3) is 0.542. The summed E-state index contributed by atoms with van der Waals surface area (Å²) in [4.78, 5) is 22.5. The van der Waals surface area contributed by atoms with Crippen molar-refractivity contribution >= 4 is 43.2 Å². The second-order valence-corrected chi connectivity index (χ2v) is 12.7. The number of aryl methyl sites for hydroxylation is 1. The second kappa shape index (κ2) is 10.3. The first kappa shape index (κ1) is 26.0. The van der Waals surface area contributed by atoms with Crippen molar-refractivity contribution in [3.8, 4) is 17.1 Å². The predicted molar refractivity (Wildman–Crippen MR) is 146 cm³/mol. The Morgan fingerprint density at radius 3 is 2.62 bits per heavy atom. The molecule has 11 nitrogen and oxygen atoms in total. The maximum atomic E-state index is 12.0. The molecule has 2 aliphatic rings. The van der Waals surface area contributed by atoms with Gasteiger partial charge in [0.25, 0.3) is 0 Å². The van der Waals surface area contributed by atoms with E-state index >= 15 is 0 Å². The molecule has 5 rings (SSSR count). The van der Waals surface area contributed by atoms with Gasteiger partial charge in [-0.15, -0.1) is 11.3 Å². The molecule has 3 aromatic heterocycles. The number of morpholine rings is 1. The standard InChI is InChI=1S/C24H33N7O4S2/c1-15-18(14-30-12-17(13-30)29(2)3)21-22(36-15)20(26-24(27-21)31-6-8-35-9-7-31)16-10-19(28-37(5,32)33)23(34-4)25-11-16/h10-11,17,28H,6-9,12-14H2,1-5H3. The Labute approximate surface area is 221 Å². The van der Waals surface area contributed by atoms with E-state index < -0.39 is 10.0 Å². The molecule has 1 N–H and O–H groups in total. The van der Waals surface area contributed by atoms with Crippen LogP contribution in [0.2, 0.25) is 0 Å². The Morgan fingerprint density at radius 2 is 1.97 bits per heavy atom. The van der Waals surface area contributed by atoms with Crippen LogP contribution in [-0.4, -0.2) is 106 Å². The molecule has 0 atom stereocenters. The highest BCUT2D eigenvalue weighted by Gasteiger charge is 2.30. The number of nitrogens with zero attached hydrogens (tertiary/aromatic N) is 6. The minimum absolute atomic E-state index is 0.198. The Balaban J connectivity index is 1.61. The van der Waals surface area contributed by atoms with Crippen LogP contribution in [0.4, 0.5) is 11.6 Å². The second-order valence-electron chi connectivity index (χ2n) is 9.75. The van der Waals surface area contributed by atoms with Crippen molar-refractivity contribution in [2.24, 2.45) is 0 Å².